The lowest BCUT2D eigenvalue weighted by Crippen LogP contribution is -2.35. The summed E-state index contributed by atoms with van der Waals surface area (Å²) in [5.74, 6) is 1.33. The van der Waals surface area contributed by atoms with Crippen molar-refractivity contribution in [2.24, 2.45) is 12.0 Å². The van der Waals surface area contributed by atoms with E-state index >= 15 is 0 Å². The summed E-state index contributed by atoms with van der Waals surface area (Å²) in [5.41, 5.74) is 3.17. The number of aliphatic imine (C=N–C) groups is 1. The van der Waals surface area contributed by atoms with E-state index in [0.717, 1.165) is 33.2 Å². The number of fused-ring (bicyclic) bond motifs is 1. The molecule has 0 aromatic carbocycles. The van der Waals surface area contributed by atoms with Crippen LogP contribution in [0.25, 0.3) is 11.1 Å². The molecule has 140 valence electrons. The topological polar surface area (TPSA) is 76.7 Å². The highest BCUT2D eigenvalue weighted by atomic mass is 19.1. The number of H-pyrrole nitrogens is 1. The number of nitrogens with zero attached hydrogens (tertiary/aromatic N) is 6. The minimum atomic E-state index is -0.215. The predicted molar refractivity (Wildman–Crippen MR) is 104 cm³/mol. The minimum absolute atomic E-state index is 0.215. The third-order valence-corrected chi connectivity index (χ3v) is 4.91. The second-order valence-corrected chi connectivity index (χ2v) is 6.79. The maximum Gasteiger partial charge on any atom is 0.170 e. The standard InChI is InChI=1S/C20H18FN7/c1-27-11-24-17(26-27)10-28-12-25-18(13-2-4-14(21)5-3-13)19(28)15-6-8-22-20-16(15)7-9-23-20/h2,4-5,7-9,11-12,23H,3,6,10H2,1H3. The average Bonchev–Trinajstić information content (AvgIpc) is 3.42. The summed E-state index contributed by atoms with van der Waals surface area (Å²) >= 11 is 0. The fourth-order valence-electron chi connectivity index (χ4n) is 3.63. The van der Waals surface area contributed by atoms with Gasteiger partial charge in [-0.3, -0.25) is 4.68 Å². The summed E-state index contributed by atoms with van der Waals surface area (Å²) in [6.45, 7) is 0.505. The Morgan fingerprint density at radius 2 is 2.11 bits per heavy atom. The van der Waals surface area contributed by atoms with Crippen LogP contribution in [-0.4, -0.2) is 35.5 Å². The molecule has 1 N–H and O–H groups in total. The molecule has 0 saturated carbocycles. The van der Waals surface area contributed by atoms with Crippen LogP contribution in [0.1, 0.15) is 24.2 Å². The van der Waals surface area contributed by atoms with Gasteiger partial charge in [-0.2, -0.15) is 5.10 Å². The summed E-state index contributed by atoms with van der Waals surface area (Å²) in [7, 11) is 1.85. The zero-order valence-corrected chi connectivity index (χ0v) is 15.3. The van der Waals surface area contributed by atoms with Crippen LogP contribution in [0.3, 0.4) is 0 Å². The molecule has 7 nitrogen and oxygen atoms in total. The number of imidazole rings is 1. The third-order valence-electron chi connectivity index (χ3n) is 4.91. The van der Waals surface area contributed by atoms with Gasteiger partial charge in [0.1, 0.15) is 18.0 Å². The van der Waals surface area contributed by atoms with E-state index in [4.69, 9.17) is 0 Å². The molecule has 0 bridgehead atoms. The summed E-state index contributed by atoms with van der Waals surface area (Å²) in [6, 6.07) is 2.03. The first-order valence-electron chi connectivity index (χ1n) is 9.05. The van der Waals surface area contributed by atoms with Crippen LogP contribution in [0.4, 0.5) is 10.2 Å². The average molecular weight is 375 g/mol. The van der Waals surface area contributed by atoms with Crippen LogP contribution in [0.2, 0.25) is 0 Å². The first-order chi connectivity index (χ1) is 13.7. The van der Waals surface area contributed by atoms with Crippen LogP contribution in [0, 0.1) is 0 Å². The first-order valence-corrected chi connectivity index (χ1v) is 9.05. The maximum absolute atomic E-state index is 13.5. The molecule has 4 heterocycles. The predicted octanol–water partition coefficient (Wildman–Crippen LogP) is 1.66. The number of allylic oxidation sites excluding steroid dienone is 4. The van der Waals surface area contributed by atoms with Crippen LogP contribution < -0.4 is 10.7 Å². The lowest BCUT2D eigenvalue weighted by atomic mass is 10.0. The van der Waals surface area contributed by atoms with E-state index in [9.17, 15) is 4.39 Å². The second-order valence-electron chi connectivity index (χ2n) is 6.79. The first kappa shape index (κ1) is 16.6. The monoisotopic (exact) mass is 375 g/mol. The lowest BCUT2D eigenvalue weighted by Gasteiger charge is -2.11. The van der Waals surface area contributed by atoms with E-state index in [1.54, 1.807) is 23.2 Å². The molecule has 0 saturated heterocycles. The SMILES string of the molecule is Cn1cnc(Cn2cnc(=C3C=CC(F)=CC3)c2=C2CC=Nc3[nH]ccc32)n1. The van der Waals surface area contributed by atoms with Crippen molar-refractivity contribution in [3.8, 4) is 0 Å². The maximum atomic E-state index is 13.5. The molecule has 1 aliphatic heterocycles. The Balaban J connectivity index is 1.77. The van der Waals surface area contributed by atoms with E-state index in [0.29, 0.717) is 25.2 Å². The van der Waals surface area contributed by atoms with Crippen molar-refractivity contribution in [2.45, 2.75) is 19.4 Å². The molecule has 0 fully saturated rings. The summed E-state index contributed by atoms with van der Waals surface area (Å²) in [6.07, 6.45) is 13.3. The Morgan fingerprint density at radius 3 is 2.89 bits per heavy atom. The number of hydrogen-bond acceptors (Lipinski definition) is 4. The van der Waals surface area contributed by atoms with E-state index in [-0.39, 0.29) is 5.83 Å². The molecule has 3 aromatic heterocycles. The van der Waals surface area contributed by atoms with Crippen LogP contribution in [-0.2, 0) is 13.6 Å². The van der Waals surface area contributed by atoms with Crippen molar-refractivity contribution >= 4 is 23.2 Å². The van der Waals surface area contributed by atoms with Gasteiger partial charge in [0, 0.05) is 31.4 Å². The number of rotatable bonds is 2. The number of aromatic amines is 1. The van der Waals surface area contributed by atoms with Gasteiger partial charge in [-0.1, -0.05) is 6.08 Å². The Kier molecular flexibility index (Phi) is 3.89. The summed E-state index contributed by atoms with van der Waals surface area (Å²) in [4.78, 5) is 16.6. The van der Waals surface area contributed by atoms with Gasteiger partial charge in [-0.15, -0.1) is 0 Å². The molecule has 2 aliphatic rings. The Bertz CT molecular complexity index is 1270. The largest absolute Gasteiger partial charge is 0.346 e. The van der Waals surface area contributed by atoms with E-state index in [2.05, 4.69) is 29.6 Å². The van der Waals surface area contributed by atoms with Gasteiger partial charge in [-0.05, 0) is 35.8 Å². The Labute approximate surface area is 160 Å². The highest BCUT2D eigenvalue weighted by molar-refractivity contribution is 5.88. The van der Waals surface area contributed by atoms with Gasteiger partial charge in [0.15, 0.2) is 5.82 Å². The molecule has 8 heteroatoms. The molecule has 0 amide bonds. The van der Waals surface area contributed by atoms with Crippen molar-refractivity contribution in [3.63, 3.8) is 0 Å². The normalized spacial score (nSPS) is 19.7. The number of nitrogens with one attached hydrogen (secondary N) is 1. The minimum Gasteiger partial charge on any atom is -0.346 e. The molecule has 0 radical (unpaired) electrons. The lowest BCUT2D eigenvalue weighted by molar-refractivity contribution is 0.661. The summed E-state index contributed by atoms with van der Waals surface area (Å²) < 4.78 is 17.2. The van der Waals surface area contributed by atoms with Crippen LogP contribution in [0.5, 0.6) is 0 Å². The molecule has 0 spiro atoms. The highest BCUT2D eigenvalue weighted by Crippen LogP contribution is 2.28. The van der Waals surface area contributed by atoms with Crippen molar-refractivity contribution in [1.29, 1.82) is 0 Å². The van der Waals surface area contributed by atoms with Crippen LogP contribution >= 0.6 is 0 Å². The molecule has 1 aliphatic carbocycles. The molecule has 3 aromatic rings. The zero-order valence-electron chi connectivity index (χ0n) is 15.3. The van der Waals surface area contributed by atoms with Crippen molar-refractivity contribution in [3.05, 3.63) is 71.1 Å². The number of aromatic nitrogens is 6. The van der Waals surface area contributed by atoms with Crippen molar-refractivity contribution in [2.75, 3.05) is 0 Å². The van der Waals surface area contributed by atoms with E-state index < -0.39 is 0 Å². The van der Waals surface area contributed by atoms with Gasteiger partial charge in [0.25, 0.3) is 0 Å². The second kappa shape index (κ2) is 6.56. The third kappa shape index (κ3) is 2.83. The molecule has 0 unspecified atom stereocenters. The summed E-state index contributed by atoms with van der Waals surface area (Å²) in [5, 5.41) is 6.24. The number of aryl methyl sites for hydroxylation is 1. The molecule has 28 heavy (non-hydrogen) atoms. The number of halogens is 1. The Morgan fingerprint density at radius 1 is 1.18 bits per heavy atom. The van der Waals surface area contributed by atoms with E-state index in [1.165, 1.54) is 6.08 Å². The van der Waals surface area contributed by atoms with Crippen LogP contribution in [0.15, 0.2) is 54.0 Å². The fourth-order valence-corrected chi connectivity index (χ4v) is 3.63. The van der Waals surface area contributed by atoms with Gasteiger partial charge in [0.05, 0.1) is 23.6 Å². The number of hydrogen-bond donors (Lipinski definition) is 1. The van der Waals surface area contributed by atoms with Gasteiger partial charge in [0.2, 0.25) is 0 Å². The van der Waals surface area contributed by atoms with E-state index in [1.807, 2.05) is 31.9 Å². The molecule has 0 atom stereocenters. The fraction of sp³-hybridized carbons (Fsp3) is 0.200. The quantitative estimate of drug-likeness (QED) is 0.740. The van der Waals surface area contributed by atoms with Crippen molar-refractivity contribution < 1.29 is 4.39 Å². The van der Waals surface area contributed by atoms with Crippen molar-refractivity contribution in [1.82, 2.24) is 29.3 Å². The molecular weight excluding hydrogens is 357 g/mol. The van der Waals surface area contributed by atoms with Gasteiger partial charge >= 0.3 is 0 Å². The van der Waals surface area contributed by atoms with Gasteiger partial charge < -0.3 is 9.55 Å². The molecular formula is C20H18FN7. The highest BCUT2D eigenvalue weighted by Gasteiger charge is 2.17. The van der Waals surface area contributed by atoms with Gasteiger partial charge in [-0.25, -0.2) is 19.4 Å². The zero-order chi connectivity index (χ0) is 19.1. The smallest absolute Gasteiger partial charge is 0.170 e. The molecule has 5 rings (SSSR count). The Hall–Kier alpha value is -3.55.